The molecule has 2 aromatic rings. The van der Waals surface area contributed by atoms with Crippen molar-refractivity contribution in [2.75, 3.05) is 12.3 Å². The second kappa shape index (κ2) is 9.26. The predicted octanol–water partition coefficient (Wildman–Crippen LogP) is 3.12. The van der Waals surface area contributed by atoms with E-state index in [1.165, 1.54) is 6.07 Å². The van der Waals surface area contributed by atoms with E-state index in [1.807, 2.05) is 18.2 Å². The van der Waals surface area contributed by atoms with Crippen LogP contribution in [0.3, 0.4) is 0 Å². The fourth-order valence-corrected chi connectivity index (χ4v) is 2.45. The number of nitrogens with zero attached hydrogens (tertiary/aromatic N) is 1. The number of aromatic hydroxyl groups is 1. The summed E-state index contributed by atoms with van der Waals surface area (Å²) in [4.78, 5) is 16.0. The Morgan fingerprint density at radius 1 is 1.19 bits per heavy atom. The minimum absolute atomic E-state index is 0. The second-order valence-corrected chi connectivity index (χ2v) is 5.26. The van der Waals surface area contributed by atoms with Crippen molar-refractivity contribution in [1.29, 1.82) is 0 Å². The number of halogens is 1. The number of phenols is 1. The van der Waals surface area contributed by atoms with Crippen LogP contribution in [0.2, 0.25) is 0 Å². The zero-order valence-electron chi connectivity index (χ0n) is 11.4. The Balaban J connectivity index is 0.00000220. The third-order valence-corrected chi connectivity index (χ3v) is 3.67. The average molecular weight is 325 g/mol. The highest BCUT2D eigenvalue weighted by atomic mass is 35.5. The number of pyridine rings is 1. The lowest BCUT2D eigenvalue weighted by molar-refractivity contribution is 0.0951. The summed E-state index contributed by atoms with van der Waals surface area (Å²) in [7, 11) is 0. The molecule has 4 nitrogen and oxygen atoms in total. The Bertz CT molecular complexity index is 567. The van der Waals surface area contributed by atoms with Gasteiger partial charge in [-0.2, -0.15) is 0 Å². The lowest BCUT2D eigenvalue weighted by Crippen LogP contribution is -2.24. The van der Waals surface area contributed by atoms with E-state index in [2.05, 4.69) is 10.3 Å². The molecule has 0 atom stereocenters. The first-order chi connectivity index (χ1) is 9.77. The van der Waals surface area contributed by atoms with Crippen LogP contribution >= 0.6 is 24.2 Å². The van der Waals surface area contributed by atoms with Crippen molar-refractivity contribution in [3.05, 3.63) is 54.2 Å². The quantitative estimate of drug-likeness (QED) is 0.633. The molecular formula is C15H17ClN2O2S. The molecule has 21 heavy (non-hydrogen) atoms. The first-order valence-electron chi connectivity index (χ1n) is 6.37. The Hall–Kier alpha value is -1.72. The number of carbonyl (C=O) groups excluding carboxylic acids is 1. The molecule has 1 aromatic carbocycles. The summed E-state index contributed by atoms with van der Waals surface area (Å²) < 4.78 is 0. The van der Waals surface area contributed by atoms with Gasteiger partial charge in [0.2, 0.25) is 0 Å². The van der Waals surface area contributed by atoms with Gasteiger partial charge in [-0.15, -0.1) is 24.2 Å². The summed E-state index contributed by atoms with van der Waals surface area (Å²) in [6.07, 6.45) is 2.61. The molecule has 2 rings (SSSR count). The Morgan fingerprint density at radius 3 is 2.67 bits per heavy atom. The number of phenolic OH excluding ortho intramolecular Hbond substituents is 1. The van der Waals surface area contributed by atoms with Crippen molar-refractivity contribution in [2.45, 2.75) is 11.4 Å². The highest BCUT2D eigenvalue weighted by molar-refractivity contribution is 7.99. The monoisotopic (exact) mass is 324 g/mol. The largest absolute Gasteiger partial charge is 0.507 e. The number of hydrogen-bond donors (Lipinski definition) is 2. The van der Waals surface area contributed by atoms with E-state index >= 15 is 0 Å². The lowest BCUT2D eigenvalue weighted by atomic mass is 10.2. The Morgan fingerprint density at radius 2 is 1.95 bits per heavy atom. The zero-order chi connectivity index (χ0) is 14.2. The summed E-state index contributed by atoms with van der Waals surface area (Å²) in [5.74, 6) is 0.650. The van der Waals surface area contributed by atoms with Gasteiger partial charge in [-0.1, -0.05) is 18.2 Å². The molecule has 0 saturated heterocycles. The van der Waals surface area contributed by atoms with Crippen LogP contribution in [0.1, 0.15) is 16.8 Å². The molecule has 0 radical (unpaired) electrons. The molecule has 0 aliphatic heterocycles. The number of benzene rings is 1. The maximum Gasteiger partial charge on any atom is 0.255 e. The van der Waals surface area contributed by atoms with Gasteiger partial charge in [0.25, 0.3) is 5.91 Å². The highest BCUT2D eigenvalue weighted by Crippen LogP contribution is 2.16. The maximum atomic E-state index is 11.8. The van der Waals surface area contributed by atoms with E-state index in [9.17, 15) is 9.90 Å². The standard InChI is InChI=1S/C15H16N2O2S.ClH/c18-13-7-2-1-6-12(13)15(19)17-10-5-11-20-14-8-3-4-9-16-14;/h1-4,6-9,18H,5,10-11H2,(H,17,19);1H. The zero-order valence-corrected chi connectivity index (χ0v) is 13.0. The van der Waals surface area contributed by atoms with Crippen molar-refractivity contribution >= 4 is 30.1 Å². The summed E-state index contributed by atoms with van der Waals surface area (Å²) in [6, 6.07) is 12.3. The molecule has 6 heteroatoms. The van der Waals surface area contributed by atoms with E-state index in [4.69, 9.17) is 0 Å². The molecule has 0 saturated carbocycles. The normalized spacial score (nSPS) is 9.71. The van der Waals surface area contributed by atoms with Gasteiger partial charge in [0.05, 0.1) is 10.6 Å². The van der Waals surface area contributed by atoms with Crippen LogP contribution in [-0.2, 0) is 0 Å². The molecule has 1 heterocycles. The summed E-state index contributed by atoms with van der Waals surface area (Å²) in [5, 5.41) is 13.3. The molecule has 0 aliphatic rings. The van der Waals surface area contributed by atoms with Crippen LogP contribution in [-0.4, -0.2) is 28.3 Å². The smallest absolute Gasteiger partial charge is 0.255 e. The van der Waals surface area contributed by atoms with Crippen LogP contribution < -0.4 is 5.32 Å². The van der Waals surface area contributed by atoms with Crippen molar-refractivity contribution in [3.8, 4) is 5.75 Å². The number of rotatable bonds is 6. The van der Waals surface area contributed by atoms with Gasteiger partial charge < -0.3 is 10.4 Å². The van der Waals surface area contributed by atoms with Gasteiger partial charge in [-0.05, 0) is 30.7 Å². The number of thioether (sulfide) groups is 1. The van der Waals surface area contributed by atoms with Gasteiger partial charge in [-0.3, -0.25) is 4.79 Å². The van der Waals surface area contributed by atoms with Gasteiger partial charge in [0, 0.05) is 18.5 Å². The molecule has 1 aromatic heterocycles. The molecule has 1 amide bonds. The molecule has 2 N–H and O–H groups in total. The molecular weight excluding hydrogens is 308 g/mol. The number of amides is 1. The molecule has 0 unspecified atom stereocenters. The predicted molar refractivity (Wildman–Crippen MR) is 87.3 cm³/mol. The lowest BCUT2D eigenvalue weighted by Gasteiger charge is -2.06. The van der Waals surface area contributed by atoms with E-state index in [0.29, 0.717) is 12.1 Å². The SMILES string of the molecule is Cl.O=C(NCCCSc1ccccn1)c1ccccc1O. The van der Waals surface area contributed by atoms with E-state index in [-0.39, 0.29) is 24.1 Å². The summed E-state index contributed by atoms with van der Waals surface area (Å²) in [6.45, 7) is 0.576. The van der Waals surface area contributed by atoms with E-state index in [1.54, 1.807) is 36.2 Å². The van der Waals surface area contributed by atoms with Crippen LogP contribution in [0.5, 0.6) is 5.75 Å². The first-order valence-corrected chi connectivity index (χ1v) is 7.36. The number of aromatic nitrogens is 1. The maximum absolute atomic E-state index is 11.8. The second-order valence-electron chi connectivity index (χ2n) is 4.14. The molecule has 0 spiro atoms. The number of nitrogens with one attached hydrogen (secondary N) is 1. The van der Waals surface area contributed by atoms with Gasteiger partial charge in [0.15, 0.2) is 0 Å². The Kier molecular flexibility index (Phi) is 7.64. The molecule has 112 valence electrons. The van der Waals surface area contributed by atoms with Crippen LogP contribution in [0.4, 0.5) is 0 Å². The number of carbonyl (C=O) groups is 1. The molecule has 0 aliphatic carbocycles. The van der Waals surface area contributed by atoms with Crippen molar-refractivity contribution in [2.24, 2.45) is 0 Å². The van der Waals surface area contributed by atoms with Gasteiger partial charge in [0.1, 0.15) is 5.75 Å². The highest BCUT2D eigenvalue weighted by Gasteiger charge is 2.08. The topological polar surface area (TPSA) is 62.2 Å². The van der Waals surface area contributed by atoms with E-state index in [0.717, 1.165) is 17.2 Å². The molecule has 0 fully saturated rings. The molecule has 0 bridgehead atoms. The fourth-order valence-electron chi connectivity index (χ4n) is 1.64. The van der Waals surface area contributed by atoms with Gasteiger partial charge >= 0.3 is 0 Å². The van der Waals surface area contributed by atoms with Crippen molar-refractivity contribution in [3.63, 3.8) is 0 Å². The fraction of sp³-hybridized carbons (Fsp3) is 0.200. The van der Waals surface area contributed by atoms with Crippen molar-refractivity contribution in [1.82, 2.24) is 10.3 Å². The Labute approximate surface area is 134 Å². The summed E-state index contributed by atoms with van der Waals surface area (Å²) >= 11 is 1.66. The number of hydrogen-bond acceptors (Lipinski definition) is 4. The minimum Gasteiger partial charge on any atom is -0.507 e. The average Bonchev–Trinajstić information content (AvgIpc) is 2.48. The number of para-hydroxylation sites is 1. The van der Waals surface area contributed by atoms with Crippen LogP contribution in [0, 0.1) is 0 Å². The van der Waals surface area contributed by atoms with Crippen LogP contribution in [0.15, 0.2) is 53.7 Å². The first kappa shape index (κ1) is 17.3. The minimum atomic E-state index is -0.245. The third-order valence-electron chi connectivity index (χ3n) is 2.64. The van der Waals surface area contributed by atoms with Gasteiger partial charge in [-0.25, -0.2) is 4.98 Å². The third kappa shape index (κ3) is 5.65. The van der Waals surface area contributed by atoms with Crippen molar-refractivity contribution < 1.29 is 9.90 Å². The summed E-state index contributed by atoms with van der Waals surface area (Å²) in [5.41, 5.74) is 0.310. The van der Waals surface area contributed by atoms with E-state index < -0.39 is 0 Å². The van der Waals surface area contributed by atoms with Crippen LogP contribution in [0.25, 0.3) is 0 Å².